The lowest BCUT2D eigenvalue weighted by Gasteiger charge is -2.07. The van der Waals surface area contributed by atoms with Crippen molar-refractivity contribution in [3.05, 3.63) is 58.1 Å². The summed E-state index contributed by atoms with van der Waals surface area (Å²) < 4.78 is 27.9. The lowest BCUT2D eigenvalue weighted by atomic mass is 10.2. The second-order valence-corrected chi connectivity index (χ2v) is 7.05. The molecule has 0 radical (unpaired) electrons. The molecule has 27 heavy (non-hydrogen) atoms. The number of halogens is 4. The highest BCUT2D eigenvalue weighted by atomic mass is 35.5. The Bertz CT molecular complexity index is 1010. The molecule has 3 aromatic rings. The predicted octanol–water partition coefficient (Wildman–Crippen LogP) is 3.97. The van der Waals surface area contributed by atoms with E-state index in [1.165, 1.54) is 0 Å². The molecule has 0 bridgehead atoms. The van der Waals surface area contributed by atoms with E-state index in [1.807, 2.05) is 0 Å². The number of hydrogen-bond acceptors (Lipinski definition) is 5. The number of carbonyl (C=O) groups is 1. The molecule has 3 rings (SSSR count). The summed E-state index contributed by atoms with van der Waals surface area (Å²) in [7, 11) is 0. The van der Waals surface area contributed by atoms with Crippen LogP contribution in [-0.4, -0.2) is 26.5 Å². The highest BCUT2D eigenvalue weighted by molar-refractivity contribution is 7.99. The molecule has 1 amide bonds. The number of anilines is 1. The van der Waals surface area contributed by atoms with Gasteiger partial charge in [0.05, 0.1) is 16.5 Å². The average molecular weight is 430 g/mol. The molecule has 140 valence electrons. The largest absolute Gasteiger partial charge is 0.335 e. The second-order valence-electron chi connectivity index (χ2n) is 5.26. The van der Waals surface area contributed by atoms with Gasteiger partial charge in [-0.15, -0.1) is 10.2 Å². The van der Waals surface area contributed by atoms with Crippen molar-refractivity contribution in [3.63, 3.8) is 0 Å². The standard InChI is InChI=1S/C16H11Cl2F2N5OS/c17-8-1-3-11(18)10(5-8)15-23-24-16(25(15)21)27-7-14(26)22-13-6-9(19)2-4-12(13)20/h1-6H,7,21H2,(H,22,26). The predicted molar refractivity (Wildman–Crippen MR) is 101 cm³/mol. The minimum Gasteiger partial charge on any atom is -0.335 e. The molecule has 2 aromatic carbocycles. The molecule has 0 aliphatic rings. The average Bonchev–Trinajstić information content (AvgIpc) is 2.99. The molecule has 11 heteroatoms. The number of benzene rings is 2. The first-order valence-electron chi connectivity index (χ1n) is 7.39. The normalized spacial score (nSPS) is 10.8. The molecule has 1 heterocycles. The first-order chi connectivity index (χ1) is 12.8. The number of amides is 1. The van der Waals surface area contributed by atoms with E-state index in [4.69, 9.17) is 29.0 Å². The number of nitrogens with two attached hydrogens (primary N) is 1. The van der Waals surface area contributed by atoms with Gasteiger partial charge in [-0.05, 0) is 30.3 Å². The van der Waals surface area contributed by atoms with Crippen LogP contribution in [0.3, 0.4) is 0 Å². The molecule has 0 atom stereocenters. The van der Waals surface area contributed by atoms with E-state index in [1.54, 1.807) is 18.2 Å². The number of thioether (sulfide) groups is 1. The summed E-state index contributed by atoms with van der Waals surface area (Å²) in [5.74, 6) is 4.12. The summed E-state index contributed by atoms with van der Waals surface area (Å²) >= 11 is 13.1. The van der Waals surface area contributed by atoms with Crippen LogP contribution in [0.4, 0.5) is 14.5 Å². The van der Waals surface area contributed by atoms with Crippen molar-refractivity contribution in [1.29, 1.82) is 0 Å². The van der Waals surface area contributed by atoms with Crippen LogP contribution >= 0.6 is 35.0 Å². The summed E-state index contributed by atoms with van der Waals surface area (Å²) in [6.45, 7) is 0. The molecular formula is C16H11Cl2F2N5OS. The lowest BCUT2D eigenvalue weighted by molar-refractivity contribution is -0.113. The van der Waals surface area contributed by atoms with Crippen molar-refractivity contribution in [2.24, 2.45) is 0 Å². The van der Waals surface area contributed by atoms with Gasteiger partial charge in [0.1, 0.15) is 11.6 Å². The molecule has 0 fully saturated rings. The molecule has 0 aliphatic carbocycles. The van der Waals surface area contributed by atoms with Crippen LogP contribution in [0.2, 0.25) is 10.0 Å². The third-order valence-electron chi connectivity index (χ3n) is 3.37. The molecule has 0 spiro atoms. The van der Waals surface area contributed by atoms with Crippen molar-refractivity contribution in [3.8, 4) is 11.4 Å². The van der Waals surface area contributed by atoms with Crippen LogP contribution in [0.5, 0.6) is 0 Å². The van der Waals surface area contributed by atoms with Crippen molar-refractivity contribution >= 4 is 46.6 Å². The van der Waals surface area contributed by atoms with Crippen LogP contribution in [0.1, 0.15) is 0 Å². The van der Waals surface area contributed by atoms with Gasteiger partial charge in [0.15, 0.2) is 5.82 Å². The van der Waals surface area contributed by atoms with Crippen molar-refractivity contribution in [1.82, 2.24) is 14.9 Å². The summed E-state index contributed by atoms with van der Waals surface area (Å²) in [6, 6.07) is 7.58. The van der Waals surface area contributed by atoms with Gasteiger partial charge in [-0.25, -0.2) is 13.5 Å². The maximum atomic E-state index is 13.6. The van der Waals surface area contributed by atoms with E-state index in [0.717, 1.165) is 34.6 Å². The van der Waals surface area contributed by atoms with E-state index in [-0.39, 0.29) is 22.4 Å². The number of nitrogens with one attached hydrogen (secondary N) is 1. The number of hydrogen-bond donors (Lipinski definition) is 2. The Kier molecular flexibility index (Phi) is 5.83. The Morgan fingerprint density at radius 2 is 1.96 bits per heavy atom. The number of aromatic nitrogens is 3. The Labute approximate surface area is 166 Å². The zero-order chi connectivity index (χ0) is 19.6. The van der Waals surface area contributed by atoms with Crippen LogP contribution in [0.15, 0.2) is 41.6 Å². The van der Waals surface area contributed by atoms with Gasteiger partial charge in [0.25, 0.3) is 0 Å². The van der Waals surface area contributed by atoms with Crippen LogP contribution in [-0.2, 0) is 4.79 Å². The topological polar surface area (TPSA) is 85.8 Å². The highest BCUT2D eigenvalue weighted by Crippen LogP contribution is 2.30. The van der Waals surface area contributed by atoms with E-state index in [2.05, 4.69) is 15.5 Å². The fourth-order valence-electron chi connectivity index (χ4n) is 2.14. The molecule has 3 N–H and O–H groups in total. The fourth-order valence-corrected chi connectivity index (χ4v) is 3.17. The molecule has 0 aliphatic heterocycles. The quantitative estimate of drug-likeness (QED) is 0.473. The van der Waals surface area contributed by atoms with Gasteiger partial charge in [-0.1, -0.05) is 35.0 Å². The minimum atomic E-state index is -0.741. The summed E-state index contributed by atoms with van der Waals surface area (Å²) in [4.78, 5) is 12.0. The number of carbonyl (C=O) groups excluding carboxylic acids is 1. The molecule has 0 saturated carbocycles. The van der Waals surface area contributed by atoms with Gasteiger partial charge >= 0.3 is 0 Å². The lowest BCUT2D eigenvalue weighted by Crippen LogP contribution is -2.17. The van der Waals surface area contributed by atoms with Gasteiger partial charge in [0, 0.05) is 16.7 Å². The second kappa shape index (κ2) is 8.12. The van der Waals surface area contributed by atoms with Gasteiger partial charge in [-0.2, -0.15) is 0 Å². The Hall–Kier alpha value is -2.36. The van der Waals surface area contributed by atoms with Gasteiger partial charge in [-0.3, -0.25) is 4.79 Å². The molecule has 0 saturated heterocycles. The fraction of sp³-hybridized carbons (Fsp3) is 0.0625. The highest BCUT2D eigenvalue weighted by Gasteiger charge is 2.17. The SMILES string of the molecule is Nn1c(SCC(=O)Nc2cc(F)ccc2F)nnc1-c1cc(Cl)ccc1Cl. The summed E-state index contributed by atoms with van der Waals surface area (Å²) in [6.07, 6.45) is 0. The first kappa shape index (κ1) is 19.4. The number of rotatable bonds is 5. The van der Waals surface area contributed by atoms with Crippen molar-refractivity contribution in [2.75, 3.05) is 16.9 Å². The zero-order valence-electron chi connectivity index (χ0n) is 13.4. The van der Waals surface area contributed by atoms with E-state index < -0.39 is 17.5 Å². The van der Waals surface area contributed by atoms with E-state index in [0.29, 0.717) is 15.6 Å². The molecular weight excluding hydrogens is 419 g/mol. The van der Waals surface area contributed by atoms with Gasteiger partial charge < -0.3 is 11.2 Å². The van der Waals surface area contributed by atoms with Crippen LogP contribution < -0.4 is 11.2 Å². The minimum absolute atomic E-state index is 0.144. The number of nitrogen functional groups attached to an aromatic ring is 1. The Balaban J connectivity index is 1.70. The van der Waals surface area contributed by atoms with Crippen LogP contribution in [0.25, 0.3) is 11.4 Å². The first-order valence-corrected chi connectivity index (χ1v) is 9.13. The van der Waals surface area contributed by atoms with E-state index in [9.17, 15) is 13.6 Å². The van der Waals surface area contributed by atoms with Crippen molar-refractivity contribution in [2.45, 2.75) is 5.16 Å². The smallest absolute Gasteiger partial charge is 0.234 e. The molecule has 0 unspecified atom stereocenters. The maximum absolute atomic E-state index is 13.6. The molecule has 6 nitrogen and oxygen atoms in total. The van der Waals surface area contributed by atoms with Gasteiger partial charge in [0.2, 0.25) is 11.1 Å². The summed E-state index contributed by atoms with van der Waals surface area (Å²) in [5, 5.41) is 11.2. The third-order valence-corrected chi connectivity index (χ3v) is 4.88. The summed E-state index contributed by atoms with van der Waals surface area (Å²) in [5.41, 5.74) is 0.235. The number of nitrogens with zero attached hydrogens (tertiary/aromatic N) is 3. The van der Waals surface area contributed by atoms with E-state index >= 15 is 0 Å². The monoisotopic (exact) mass is 429 g/mol. The Morgan fingerprint density at radius 3 is 2.74 bits per heavy atom. The third kappa shape index (κ3) is 4.49. The van der Waals surface area contributed by atoms with Crippen molar-refractivity contribution < 1.29 is 13.6 Å². The zero-order valence-corrected chi connectivity index (χ0v) is 15.7. The van der Waals surface area contributed by atoms with Crippen LogP contribution in [0, 0.1) is 11.6 Å². The maximum Gasteiger partial charge on any atom is 0.234 e. The molecule has 1 aromatic heterocycles. The Morgan fingerprint density at radius 1 is 1.19 bits per heavy atom.